The average molecular weight is 340 g/mol. The molecule has 0 bridgehead atoms. The summed E-state index contributed by atoms with van der Waals surface area (Å²) < 4.78 is 16.5. The largest absolute Gasteiger partial charge is 0.493 e. The van der Waals surface area contributed by atoms with E-state index in [4.69, 9.17) is 19.9 Å². The first-order chi connectivity index (χ1) is 12.1. The van der Waals surface area contributed by atoms with Crippen LogP contribution < -0.4 is 15.2 Å². The lowest BCUT2D eigenvalue weighted by atomic mass is 9.77. The van der Waals surface area contributed by atoms with Gasteiger partial charge in [-0.05, 0) is 31.0 Å². The summed E-state index contributed by atoms with van der Waals surface area (Å²) in [6, 6.07) is 7.51. The van der Waals surface area contributed by atoms with Gasteiger partial charge in [-0.25, -0.2) is 0 Å². The number of Topliss-reactive ketones (excluding diaryl/α,β-unsaturated/α-hetero) is 1. The second kappa shape index (κ2) is 6.89. The van der Waals surface area contributed by atoms with E-state index in [0.717, 1.165) is 12.0 Å². The molecule has 1 heterocycles. The van der Waals surface area contributed by atoms with Crippen LogP contribution in [0, 0.1) is 11.3 Å². The topological polar surface area (TPSA) is 94.6 Å². The predicted octanol–water partition coefficient (Wildman–Crippen LogP) is 2.91. The highest BCUT2D eigenvalue weighted by atomic mass is 16.5. The Hall–Kier alpha value is -2.94. The Kier molecular flexibility index (Phi) is 4.66. The van der Waals surface area contributed by atoms with Gasteiger partial charge < -0.3 is 19.9 Å². The van der Waals surface area contributed by atoms with Crippen LogP contribution >= 0.6 is 0 Å². The summed E-state index contributed by atoms with van der Waals surface area (Å²) in [7, 11) is 1.55. The summed E-state index contributed by atoms with van der Waals surface area (Å²) in [5.41, 5.74) is 7.49. The highest BCUT2D eigenvalue weighted by Crippen LogP contribution is 2.44. The van der Waals surface area contributed by atoms with Crippen molar-refractivity contribution in [2.24, 2.45) is 5.73 Å². The number of rotatable bonds is 4. The lowest BCUT2D eigenvalue weighted by Gasteiger charge is -2.31. The number of benzene rings is 1. The van der Waals surface area contributed by atoms with Crippen LogP contribution in [0.4, 0.5) is 0 Å². The smallest absolute Gasteiger partial charge is 0.205 e. The van der Waals surface area contributed by atoms with E-state index < -0.39 is 5.92 Å². The van der Waals surface area contributed by atoms with Crippen molar-refractivity contribution in [1.29, 1.82) is 5.26 Å². The number of carbonyl (C=O) groups excluding carboxylic acids is 1. The highest BCUT2D eigenvalue weighted by Gasteiger charge is 2.38. The minimum atomic E-state index is -0.536. The van der Waals surface area contributed by atoms with Gasteiger partial charge in [0, 0.05) is 18.4 Å². The zero-order valence-electron chi connectivity index (χ0n) is 14.3. The average Bonchev–Trinajstić information content (AvgIpc) is 2.61. The molecule has 3 rings (SSSR count). The lowest BCUT2D eigenvalue weighted by molar-refractivity contribution is -0.116. The summed E-state index contributed by atoms with van der Waals surface area (Å²) in [6.07, 6.45) is 1.82. The third-order valence-corrected chi connectivity index (χ3v) is 4.43. The molecule has 1 aliphatic carbocycles. The maximum Gasteiger partial charge on any atom is 0.205 e. The Morgan fingerprint density at radius 1 is 1.36 bits per heavy atom. The Balaban J connectivity index is 2.14. The first kappa shape index (κ1) is 16.9. The van der Waals surface area contributed by atoms with Gasteiger partial charge in [0.25, 0.3) is 0 Å². The van der Waals surface area contributed by atoms with Gasteiger partial charge in [-0.2, -0.15) is 5.26 Å². The number of ether oxygens (including phenoxy) is 3. The number of nitriles is 1. The van der Waals surface area contributed by atoms with Crippen molar-refractivity contribution >= 4 is 5.78 Å². The molecule has 0 saturated carbocycles. The van der Waals surface area contributed by atoms with E-state index in [-0.39, 0.29) is 17.2 Å². The van der Waals surface area contributed by atoms with E-state index in [0.29, 0.717) is 42.3 Å². The normalized spacial score (nSPS) is 19.9. The molecule has 0 amide bonds. The Morgan fingerprint density at radius 2 is 2.16 bits per heavy atom. The molecule has 25 heavy (non-hydrogen) atoms. The van der Waals surface area contributed by atoms with E-state index in [1.807, 2.05) is 13.0 Å². The van der Waals surface area contributed by atoms with Gasteiger partial charge >= 0.3 is 0 Å². The van der Waals surface area contributed by atoms with Gasteiger partial charge in [-0.15, -0.1) is 0 Å². The summed E-state index contributed by atoms with van der Waals surface area (Å²) in [4.78, 5) is 12.5. The standard InChI is InChI=1S/C19H20N2O4/c1-3-24-14-8-7-11(9-16(14)23-2)17-12(10-20)19(21)25-15-6-4-5-13(22)18(15)17/h7-9,17H,3-6,21H2,1-2H3/t17-/m0/s1. The van der Waals surface area contributed by atoms with E-state index in [2.05, 4.69) is 6.07 Å². The minimum absolute atomic E-state index is 0.000600. The van der Waals surface area contributed by atoms with Crippen molar-refractivity contribution in [2.45, 2.75) is 32.1 Å². The van der Waals surface area contributed by atoms with Gasteiger partial charge in [0.15, 0.2) is 17.3 Å². The Morgan fingerprint density at radius 3 is 2.84 bits per heavy atom. The number of nitrogens with zero attached hydrogens (tertiary/aromatic N) is 1. The number of hydrogen-bond acceptors (Lipinski definition) is 6. The molecule has 1 aromatic carbocycles. The fourth-order valence-corrected chi connectivity index (χ4v) is 3.33. The monoisotopic (exact) mass is 340 g/mol. The molecule has 0 aromatic heterocycles. The number of carbonyl (C=O) groups is 1. The van der Waals surface area contributed by atoms with Gasteiger partial charge in [0.05, 0.1) is 19.6 Å². The molecule has 6 nitrogen and oxygen atoms in total. The van der Waals surface area contributed by atoms with Crippen molar-refractivity contribution in [3.8, 4) is 17.6 Å². The van der Waals surface area contributed by atoms with Crippen molar-refractivity contribution in [3.63, 3.8) is 0 Å². The molecular weight excluding hydrogens is 320 g/mol. The molecule has 2 aliphatic rings. The number of hydrogen-bond donors (Lipinski definition) is 1. The molecular formula is C19H20N2O4. The molecule has 1 aliphatic heterocycles. The van der Waals surface area contributed by atoms with Crippen molar-refractivity contribution in [3.05, 3.63) is 46.6 Å². The van der Waals surface area contributed by atoms with Gasteiger partial charge in [0.2, 0.25) is 5.88 Å². The Bertz CT molecular complexity index is 817. The van der Waals surface area contributed by atoms with Crippen LogP contribution in [0.15, 0.2) is 41.0 Å². The summed E-state index contributed by atoms with van der Waals surface area (Å²) >= 11 is 0. The molecule has 0 unspecified atom stereocenters. The van der Waals surface area contributed by atoms with E-state index in [1.54, 1.807) is 19.2 Å². The molecule has 0 fully saturated rings. The third-order valence-electron chi connectivity index (χ3n) is 4.43. The first-order valence-electron chi connectivity index (χ1n) is 8.25. The molecule has 0 spiro atoms. The molecule has 1 atom stereocenters. The Labute approximate surface area is 146 Å². The predicted molar refractivity (Wildman–Crippen MR) is 90.7 cm³/mol. The lowest BCUT2D eigenvalue weighted by Crippen LogP contribution is -2.27. The third kappa shape index (κ3) is 2.93. The molecule has 130 valence electrons. The number of allylic oxidation sites excluding steroid dienone is 3. The molecule has 0 saturated heterocycles. The van der Waals surface area contributed by atoms with Gasteiger partial charge in [-0.1, -0.05) is 6.07 Å². The second-order valence-corrected chi connectivity index (χ2v) is 5.88. The van der Waals surface area contributed by atoms with Crippen LogP contribution in [0.25, 0.3) is 0 Å². The SMILES string of the molecule is CCOc1ccc([C@H]2C(C#N)=C(N)OC3=C2C(=O)CCC3)cc1OC. The van der Waals surface area contributed by atoms with Crippen LogP contribution in [0.3, 0.4) is 0 Å². The van der Waals surface area contributed by atoms with Crippen LogP contribution in [0.2, 0.25) is 0 Å². The molecule has 2 N–H and O–H groups in total. The molecule has 6 heteroatoms. The fraction of sp³-hybridized carbons (Fsp3) is 0.368. The minimum Gasteiger partial charge on any atom is -0.493 e. The summed E-state index contributed by atoms with van der Waals surface area (Å²) in [5, 5.41) is 9.58. The number of ketones is 1. The second-order valence-electron chi connectivity index (χ2n) is 5.88. The highest BCUT2D eigenvalue weighted by molar-refractivity contribution is 5.99. The summed E-state index contributed by atoms with van der Waals surface area (Å²) in [5.74, 6) is 1.26. The van der Waals surface area contributed by atoms with Crippen molar-refractivity contribution in [2.75, 3.05) is 13.7 Å². The summed E-state index contributed by atoms with van der Waals surface area (Å²) in [6.45, 7) is 2.40. The van der Waals surface area contributed by atoms with Crippen molar-refractivity contribution in [1.82, 2.24) is 0 Å². The van der Waals surface area contributed by atoms with Crippen LogP contribution in [-0.4, -0.2) is 19.5 Å². The molecule has 0 radical (unpaired) electrons. The number of nitrogens with two attached hydrogens (primary N) is 1. The quantitative estimate of drug-likeness (QED) is 0.905. The van der Waals surface area contributed by atoms with E-state index >= 15 is 0 Å². The fourth-order valence-electron chi connectivity index (χ4n) is 3.33. The van der Waals surface area contributed by atoms with Crippen LogP contribution in [-0.2, 0) is 9.53 Å². The zero-order valence-corrected chi connectivity index (χ0v) is 14.3. The van der Waals surface area contributed by atoms with E-state index in [9.17, 15) is 10.1 Å². The van der Waals surface area contributed by atoms with Gasteiger partial charge in [0.1, 0.15) is 17.4 Å². The van der Waals surface area contributed by atoms with Crippen molar-refractivity contribution < 1.29 is 19.0 Å². The van der Waals surface area contributed by atoms with Crippen LogP contribution in [0.1, 0.15) is 37.7 Å². The van der Waals surface area contributed by atoms with E-state index in [1.165, 1.54) is 0 Å². The maximum absolute atomic E-state index is 12.5. The number of methoxy groups -OCH3 is 1. The van der Waals surface area contributed by atoms with Gasteiger partial charge in [-0.3, -0.25) is 4.79 Å². The molecule has 1 aromatic rings. The van der Waals surface area contributed by atoms with Crippen LogP contribution in [0.5, 0.6) is 11.5 Å². The maximum atomic E-state index is 12.5. The zero-order chi connectivity index (χ0) is 18.0. The first-order valence-corrected chi connectivity index (χ1v) is 8.25.